The maximum Gasteiger partial charge on any atom is 0.341 e. The minimum atomic E-state index is -1.42. The molecule has 3 rings (SSSR count). The van der Waals surface area contributed by atoms with E-state index in [0.29, 0.717) is 17.3 Å². The molecule has 0 aliphatic carbocycles. The van der Waals surface area contributed by atoms with Gasteiger partial charge in [-0.2, -0.15) is 0 Å². The smallest absolute Gasteiger partial charge is 0.341 e. The number of rotatable bonds is 3. The highest BCUT2D eigenvalue weighted by molar-refractivity contribution is 5.88. The fraction of sp³-hybridized carbons (Fsp3) is 0.0526. The zero-order chi connectivity index (χ0) is 18.1. The average molecular weight is 341 g/mol. The number of pyridine rings is 1. The summed E-state index contributed by atoms with van der Waals surface area (Å²) in [6.45, 7) is 1.82. The highest BCUT2D eigenvalue weighted by Crippen LogP contribution is 2.26. The van der Waals surface area contributed by atoms with Gasteiger partial charge in [0.05, 0.1) is 11.4 Å². The SMILES string of the molecule is Cc1ccccc1-c1cc(=O)c(C(=O)O)cn1-c1ccc(F)cc1F. The Morgan fingerprint density at radius 3 is 2.44 bits per heavy atom. The minimum Gasteiger partial charge on any atom is -0.477 e. The van der Waals surface area contributed by atoms with Gasteiger partial charge in [0.2, 0.25) is 0 Å². The lowest BCUT2D eigenvalue weighted by Gasteiger charge is -2.17. The van der Waals surface area contributed by atoms with Gasteiger partial charge in [0.25, 0.3) is 0 Å². The lowest BCUT2D eigenvalue weighted by Crippen LogP contribution is -2.18. The van der Waals surface area contributed by atoms with Crippen molar-refractivity contribution in [3.05, 3.63) is 87.7 Å². The van der Waals surface area contributed by atoms with Gasteiger partial charge in [0.15, 0.2) is 5.43 Å². The highest BCUT2D eigenvalue weighted by atomic mass is 19.1. The number of carboxylic acid groups (broad SMARTS) is 1. The first-order valence-electron chi connectivity index (χ1n) is 7.40. The van der Waals surface area contributed by atoms with Crippen LogP contribution in [0, 0.1) is 18.6 Å². The van der Waals surface area contributed by atoms with E-state index in [1.165, 1.54) is 10.6 Å². The summed E-state index contributed by atoms with van der Waals surface area (Å²) in [7, 11) is 0. The van der Waals surface area contributed by atoms with Crippen molar-refractivity contribution in [3.8, 4) is 16.9 Å². The van der Waals surface area contributed by atoms with Gasteiger partial charge in [-0.15, -0.1) is 0 Å². The van der Waals surface area contributed by atoms with Gasteiger partial charge in [0.1, 0.15) is 17.2 Å². The molecule has 0 saturated carbocycles. The molecule has 0 atom stereocenters. The Balaban J connectivity index is 2.39. The molecule has 126 valence electrons. The molecule has 25 heavy (non-hydrogen) atoms. The molecule has 0 unspecified atom stereocenters. The summed E-state index contributed by atoms with van der Waals surface area (Å²) in [4.78, 5) is 23.4. The molecule has 0 radical (unpaired) electrons. The number of benzene rings is 2. The standard InChI is InChI=1S/C19H13F2NO3/c1-11-4-2-3-5-13(11)17-9-18(23)14(19(24)25)10-22(17)16-7-6-12(20)8-15(16)21/h2-10H,1H3,(H,24,25). The van der Waals surface area contributed by atoms with Crippen LogP contribution in [0.4, 0.5) is 8.78 Å². The Morgan fingerprint density at radius 2 is 1.80 bits per heavy atom. The second kappa shape index (κ2) is 6.32. The van der Waals surface area contributed by atoms with Crippen molar-refractivity contribution in [2.45, 2.75) is 6.92 Å². The molecule has 0 saturated heterocycles. The predicted molar refractivity (Wildman–Crippen MR) is 89.1 cm³/mol. The second-order valence-electron chi connectivity index (χ2n) is 5.52. The van der Waals surface area contributed by atoms with E-state index >= 15 is 0 Å². The van der Waals surface area contributed by atoms with E-state index in [9.17, 15) is 23.5 Å². The van der Waals surface area contributed by atoms with Crippen LogP contribution in [0.2, 0.25) is 0 Å². The van der Waals surface area contributed by atoms with Crippen LogP contribution < -0.4 is 5.43 Å². The number of hydrogen-bond donors (Lipinski definition) is 1. The van der Waals surface area contributed by atoms with E-state index < -0.39 is 28.6 Å². The highest BCUT2D eigenvalue weighted by Gasteiger charge is 2.17. The number of carboxylic acids is 1. The summed E-state index contributed by atoms with van der Waals surface area (Å²) in [5, 5.41) is 9.20. The Morgan fingerprint density at radius 1 is 1.08 bits per heavy atom. The van der Waals surface area contributed by atoms with Crippen LogP contribution in [0.25, 0.3) is 16.9 Å². The number of halogens is 2. The number of aromatic carboxylic acids is 1. The summed E-state index contributed by atoms with van der Waals surface area (Å²) >= 11 is 0. The first kappa shape index (κ1) is 16.6. The van der Waals surface area contributed by atoms with Crippen molar-refractivity contribution in [1.82, 2.24) is 4.57 Å². The van der Waals surface area contributed by atoms with Crippen LogP contribution in [0.3, 0.4) is 0 Å². The third kappa shape index (κ3) is 3.06. The van der Waals surface area contributed by atoms with Gasteiger partial charge in [-0.25, -0.2) is 13.6 Å². The first-order chi connectivity index (χ1) is 11.9. The summed E-state index contributed by atoms with van der Waals surface area (Å²) in [5.74, 6) is -3.04. The van der Waals surface area contributed by atoms with E-state index in [0.717, 1.165) is 23.9 Å². The zero-order valence-electron chi connectivity index (χ0n) is 13.2. The molecule has 0 aliphatic rings. The summed E-state index contributed by atoms with van der Waals surface area (Å²) in [5.41, 5.74) is 0.535. The third-order valence-corrected chi connectivity index (χ3v) is 3.87. The molecule has 1 heterocycles. The number of nitrogens with zero attached hydrogens (tertiary/aromatic N) is 1. The fourth-order valence-corrected chi connectivity index (χ4v) is 2.64. The Labute approximate surface area is 141 Å². The lowest BCUT2D eigenvalue weighted by molar-refractivity contribution is 0.0695. The van der Waals surface area contributed by atoms with Crippen LogP contribution in [0.15, 0.2) is 59.5 Å². The van der Waals surface area contributed by atoms with Crippen LogP contribution in [-0.2, 0) is 0 Å². The largest absolute Gasteiger partial charge is 0.477 e. The van der Waals surface area contributed by atoms with Crippen molar-refractivity contribution < 1.29 is 18.7 Å². The average Bonchev–Trinajstić information content (AvgIpc) is 2.55. The fourth-order valence-electron chi connectivity index (χ4n) is 2.64. The minimum absolute atomic E-state index is 0.0536. The van der Waals surface area contributed by atoms with Crippen LogP contribution >= 0.6 is 0 Å². The van der Waals surface area contributed by atoms with Gasteiger partial charge in [0, 0.05) is 23.9 Å². The second-order valence-corrected chi connectivity index (χ2v) is 5.52. The topological polar surface area (TPSA) is 59.3 Å². The van der Waals surface area contributed by atoms with Crippen LogP contribution in [0.1, 0.15) is 15.9 Å². The molecule has 0 spiro atoms. The van der Waals surface area contributed by atoms with Gasteiger partial charge >= 0.3 is 5.97 Å². The van der Waals surface area contributed by atoms with Crippen molar-refractivity contribution >= 4 is 5.97 Å². The van der Waals surface area contributed by atoms with Crippen LogP contribution in [-0.4, -0.2) is 15.6 Å². The summed E-state index contributed by atoms with van der Waals surface area (Å²) < 4.78 is 28.8. The van der Waals surface area contributed by atoms with Crippen molar-refractivity contribution in [2.24, 2.45) is 0 Å². The number of aryl methyl sites for hydroxylation is 1. The molecule has 3 aromatic rings. The van der Waals surface area contributed by atoms with E-state index in [-0.39, 0.29) is 5.69 Å². The molecule has 0 fully saturated rings. The van der Waals surface area contributed by atoms with E-state index in [1.807, 2.05) is 19.1 Å². The van der Waals surface area contributed by atoms with Crippen molar-refractivity contribution in [3.63, 3.8) is 0 Å². The Kier molecular flexibility index (Phi) is 4.19. The number of carbonyl (C=O) groups is 1. The van der Waals surface area contributed by atoms with E-state index in [2.05, 4.69) is 0 Å². The van der Waals surface area contributed by atoms with Gasteiger partial charge in [-0.05, 0) is 24.6 Å². The molecule has 1 aromatic heterocycles. The lowest BCUT2D eigenvalue weighted by atomic mass is 10.0. The molecule has 0 bridgehead atoms. The molecule has 1 N–H and O–H groups in total. The van der Waals surface area contributed by atoms with E-state index in [4.69, 9.17) is 0 Å². The van der Waals surface area contributed by atoms with Crippen LogP contribution in [0.5, 0.6) is 0 Å². The quantitative estimate of drug-likeness (QED) is 0.788. The molecule has 0 amide bonds. The molecule has 6 heteroatoms. The maximum absolute atomic E-state index is 14.3. The molecule has 0 aliphatic heterocycles. The maximum atomic E-state index is 14.3. The molecule has 4 nitrogen and oxygen atoms in total. The number of aromatic nitrogens is 1. The summed E-state index contributed by atoms with van der Waals surface area (Å²) in [6.07, 6.45) is 1.06. The normalized spacial score (nSPS) is 10.7. The van der Waals surface area contributed by atoms with Crippen molar-refractivity contribution in [2.75, 3.05) is 0 Å². The Bertz CT molecular complexity index is 1040. The van der Waals surface area contributed by atoms with Gasteiger partial charge in [-0.1, -0.05) is 24.3 Å². The Hall–Kier alpha value is -3.28. The zero-order valence-corrected chi connectivity index (χ0v) is 13.2. The monoisotopic (exact) mass is 341 g/mol. The van der Waals surface area contributed by atoms with Crippen molar-refractivity contribution in [1.29, 1.82) is 0 Å². The number of hydrogen-bond acceptors (Lipinski definition) is 2. The predicted octanol–water partition coefficient (Wildman–Crippen LogP) is 3.79. The third-order valence-electron chi connectivity index (χ3n) is 3.87. The van der Waals surface area contributed by atoms with Gasteiger partial charge < -0.3 is 9.67 Å². The first-order valence-corrected chi connectivity index (χ1v) is 7.40. The molecular weight excluding hydrogens is 328 g/mol. The van der Waals surface area contributed by atoms with Gasteiger partial charge in [-0.3, -0.25) is 4.79 Å². The summed E-state index contributed by atoms with van der Waals surface area (Å²) in [6, 6.07) is 11.2. The van der Waals surface area contributed by atoms with E-state index in [1.54, 1.807) is 12.1 Å². The molecular formula is C19H13F2NO3. The molecule has 2 aromatic carbocycles.